The zero-order chi connectivity index (χ0) is 41.1. The first-order chi connectivity index (χ1) is 27.3. The topological polar surface area (TPSA) is 32.5 Å². The third-order valence-corrected chi connectivity index (χ3v) is 12.3. The molecule has 0 saturated carbocycles. The van der Waals surface area contributed by atoms with Gasteiger partial charge < -0.3 is 14.2 Å². The standard InChI is InChI=1S/C53H56BN3O/c1-50(2,3)34-18-16-33(17-19-34)49-55-42-31-41-46(32-47(42)58-49)57(39-27-22-36(23-28-39)52(7,8)9)45-15-13-14-44-48(45)54(41)40-30-37(53(10,11)12)24-29-43(40)56(44)38-25-20-35(21-26-38)51(4,5)6/h13-32H,1-12H3. The Morgan fingerprint density at radius 2 is 0.897 bits per heavy atom. The van der Waals surface area contributed by atoms with Crippen LogP contribution in [0.25, 0.3) is 22.6 Å². The second-order valence-corrected chi connectivity index (χ2v) is 20.7. The highest BCUT2D eigenvalue weighted by Crippen LogP contribution is 2.46. The van der Waals surface area contributed by atoms with Gasteiger partial charge in [-0.25, -0.2) is 4.98 Å². The first-order valence-electron chi connectivity index (χ1n) is 20.9. The summed E-state index contributed by atoms with van der Waals surface area (Å²) in [6, 6.07) is 45.6. The number of oxazole rings is 1. The van der Waals surface area contributed by atoms with E-state index in [-0.39, 0.29) is 28.4 Å². The summed E-state index contributed by atoms with van der Waals surface area (Å²) in [6.07, 6.45) is 0. The molecule has 292 valence electrons. The molecule has 7 aromatic rings. The maximum Gasteiger partial charge on any atom is 0.252 e. The highest BCUT2D eigenvalue weighted by Gasteiger charge is 2.44. The van der Waals surface area contributed by atoms with Gasteiger partial charge in [-0.15, -0.1) is 0 Å². The SMILES string of the molecule is CC(C)(C)c1ccc(-c2nc3cc4c(cc3o2)N(c2ccc(C(C)(C)C)cc2)c2cccc3c2B4c2cc(C(C)(C)C)ccc2N3c2ccc(C(C)(C)C)cc2)cc1. The molecule has 0 radical (unpaired) electrons. The molecule has 9 rings (SSSR count). The third-order valence-electron chi connectivity index (χ3n) is 12.3. The molecule has 4 nitrogen and oxygen atoms in total. The highest BCUT2D eigenvalue weighted by atomic mass is 16.3. The van der Waals surface area contributed by atoms with Crippen LogP contribution in [-0.4, -0.2) is 11.7 Å². The fourth-order valence-corrected chi connectivity index (χ4v) is 8.84. The fraction of sp³-hybridized carbons (Fsp3) is 0.302. The number of anilines is 6. The molecular weight excluding hydrogens is 705 g/mol. The minimum atomic E-state index is -0.0279. The number of hydrogen-bond donors (Lipinski definition) is 0. The molecule has 2 aliphatic rings. The summed E-state index contributed by atoms with van der Waals surface area (Å²) >= 11 is 0. The summed E-state index contributed by atoms with van der Waals surface area (Å²) in [5.74, 6) is 0.640. The molecule has 3 heterocycles. The maximum absolute atomic E-state index is 6.68. The Morgan fingerprint density at radius 3 is 1.40 bits per heavy atom. The first-order valence-corrected chi connectivity index (χ1v) is 20.9. The molecule has 0 saturated heterocycles. The van der Waals surface area contributed by atoms with Gasteiger partial charge in [-0.1, -0.05) is 138 Å². The second kappa shape index (κ2) is 13.0. The Balaban J connectivity index is 1.31. The smallest absolute Gasteiger partial charge is 0.252 e. The van der Waals surface area contributed by atoms with E-state index in [4.69, 9.17) is 9.40 Å². The van der Waals surface area contributed by atoms with Crippen LogP contribution in [0, 0.1) is 0 Å². The van der Waals surface area contributed by atoms with Crippen LogP contribution in [0.5, 0.6) is 0 Å². The van der Waals surface area contributed by atoms with Gasteiger partial charge in [0.25, 0.3) is 6.71 Å². The third kappa shape index (κ3) is 6.35. The van der Waals surface area contributed by atoms with Gasteiger partial charge in [-0.3, -0.25) is 0 Å². The van der Waals surface area contributed by atoms with E-state index >= 15 is 0 Å². The van der Waals surface area contributed by atoms with Crippen molar-refractivity contribution in [2.75, 3.05) is 9.80 Å². The van der Waals surface area contributed by atoms with E-state index in [0.717, 1.165) is 33.7 Å². The van der Waals surface area contributed by atoms with Gasteiger partial charge in [0.2, 0.25) is 5.89 Å². The molecule has 0 N–H and O–H groups in total. The second-order valence-electron chi connectivity index (χ2n) is 20.7. The van der Waals surface area contributed by atoms with E-state index in [0.29, 0.717) is 5.89 Å². The molecule has 0 aliphatic carbocycles. The average molecular weight is 762 g/mol. The molecule has 6 aromatic carbocycles. The number of aromatic nitrogens is 1. The number of fused-ring (bicyclic) bond motifs is 5. The zero-order valence-corrected chi connectivity index (χ0v) is 36.4. The lowest BCUT2D eigenvalue weighted by Gasteiger charge is -2.44. The summed E-state index contributed by atoms with van der Waals surface area (Å²) in [5, 5.41) is 0. The quantitative estimate of drug-likeness (QED) is 0.168. The van der Waals surface area contributed by atoms with Crippen LogP contribution in [0.1, 0.15) is 105 Å². The van der Waals surface area contributed by atoms with E-state index in [2.05, 4.69) is 214 Å². The van der Waals surface area contributed by atoms with Crippen molar-refractivity contribution in [2.45, 2.75) is 105 Å². The lowest BCUT2D eigenvalue weighted by atomic mass is 9.33. The first kappa shape index (κ1) is 38.0. The Morgan fingerprint density at radius 1 is 0.448 bits per heavy atom. The van der Waals surface area contributed by atoms with E-state index in [1.54, 1.807) is 0 Å². The highest BCUT2D eigenvalue weighted by molar-refractivity contribution is 7.00. The van der Waals surface area contributed by atoms with Crippen molar-refractivity contribution in [3.63, 3.8) is 0 Å². The Kier molecular flexibility index (Phi) is 8.50. The number of benzene rings is 6. The summed E-state index contributed by atoms with van der Waals surface area (Å²) in [5.41, 5.74) is 18.8. The minimum absolute atomic E-state index is 0.0238. The van der Waals surface area contributed by atoms with Gasteiger partial charge in [-0.05, 0) is 121 Å². The molecule has 0 spiro atoms. The molecule has 0 amide bonds. The van der Waals surface area contributed by atoms with Gasteiger partial charge in [0.1, 0.15) is 5.52 Å². The Bertz CT molecular complexity index is 2700. The number of hydrogen-bond acceptors (Lipinski definition) is 4. The largest absolute Gasteiger partial charge is 0.436 e. The predicted molar refractivity (Wildman–Crippen MR) is 248 cm³/mol. The molecule has 0 atom stereocenters. The van der Waals surface area contributed by atoms with Gasteiger partial charge in [0.05, 0.1) is 0 Å². The van der Waals surface area contributed by atoms with Gasteiger partial charge in [0.15, 0.2) is 5.58 Å². The van der Waals surface area contributed by atoms with Crippen LogP contribution < -0.4 is 26.2 Å². The number of nitrogens with zero attached hydrogens (tertiary/aromatic N) is 3. The van der Waals surface area contributed by atoms with Crippen LogP contribution in [0.3, 0.4) is 0 Å². The van der Waals surface area contributed by atoms with E-state index in [1.807, 2.05) is 0 Å². The lowest BCUT2D eigenvalue weighted by Crippen LogP contribution is -2.61. The van der Waals surface area contributed by atoms with Crippen molar-refractivity contribution in [2.24, 2.45) is 0 Å². The zero-order valence-electron chi connectivity index (χ0n) is 36.4. The van der Waals surface area contributed by atoms with E-state index in [9.17, 15) is 0 Å². The lowest BCUT2D eigenvalue weighted by molar-refractivity contribution is 0.589. The minimum Gasteiger partial charge on any atom is -0.436 e. The van der Waals surface area contributed by atoms with Crippen LogP contribution in [0.15, 0.2) is 126 Å². The molecule has 0 bridgehead atoms. The van der Waals surface area contributed by atoms with Crippen molar-refractivity contribution in [3.8, 4) is 11.5 Å². The molecule has 5 heteroatoms. The molecule has 1 aromatic heterocycles. The van der Waals surface area contributed by atoms with Crippen LogP contribution >= 0.6 is 0 Å². The van der Waals surface area contributed by atoms with Gasteiger partial charge in [-0.2, -0.15) is 0 Å². The summed E-state index contributed by atoms with van der Waals surface area (Å²) in [4.78, 5) is 10.1. The molecule has 58 heavy (non-hydrogen) atoms. The van der Waals surface area contributed by atoms with Gasteiger partial charge in [0, 0.05) is 45.8 Å². The monoisotopic (exact) mass is 761 g/mol. The molecule has 0 fully saturated rings. The molecule has 0 unspecified atom stereocenters. The van der Waals surface area contributed by atoms with Crippen LogP contribution in [0.4, 0.5) is 34.1 Å². The van der Waals surface area contributed by atoms with Crippen molar-refractivity contribution in [1.29, 1.82) is 0 Å². The Labute approximate surface area is 346 Å². The fourth-order valence-electron chi connectivity index (χ4n) is 8.84. The van der Waals surface area contributed by atoms with E-state index in [1.165, 1.54) is 55.7 Å². The van der Waals surface area contributed by atoms with Crippen molar-refractivity contribution >= 4 is 68.3 Å². The van der Waals surface area contributed by atoms with Crippen LogP contribution in [0.2, 0.25) is 0 Å². The van der Waals surface area contributed by atoms with E-state index < -0.39 is 0 Å². The van der Waals surface area contributed by atoms with Crippen LogP contribution in [-0.2, 0) is 21.7 Å². The Hall–Kier alpha value is -5.55. The van der Waals surface area contributed by atoms with Crippen molar-refractivity contribution in [3.05, 3.63) is 144 Å². The summed E-state index contributed by atoms with van der Waals surface area (Å²) < 4.78 is 6.68. The molecular formula is C53H56BN3O. The van der Waals surface area contributed by atoms with Crippen molar-refractivity contribution < 1.29 is 4.42 Å². The predicted octanol–water partition coefficient (Wildman–Crippen LogP) is 12.8. The average Bonchev–Trinajstić information content (AvgIpc) is 3.59. The van der Waals surface area contributed by atoms with Crippen molar-refractivity contribution in [1.82, 2.24) is 4.98 Å². The van der Waals surface area contributed by atoms with Gasteiger partial charge >= 0.3 is 0 Å². The molecule has 2 aliphatic heterocycles. The maximum atomic E-state index is 6.68. The normalized spacial score (nSPS) is 14.1. The summed E-state index contributed by atoms with van der Waals surface area (Å²) in [7, 11) is 0. The summed E-state index contributed by atoms with van der Waals surface area (Å²) in [6.45, 7) is 27.3. The number of rotatable bonds is 3.